The van der Waals surface area contributed by atoms with Gasteiger partial charge in [-0.1, -0.05) is 60.5 Å². The number of benzene rings is 2. The summed E-state index contributed by atoms with van der Waals surface area (Å²) in [5, 5.41) is 11.5. The van der Waals surface area contributed by atoms with Gasteiger partial charge >= 0.3 is 5.97 Å². The van der Waals surface area contributed by atoms with Gasteiger partial charge in [0.25, 0.3) is 11.8 Å². The van der Waals surface area contributed by atoms with Crippen LogP contribution in [0.25, 0.3) is 0 Å². The van der Waals surface area contributed by atoms with Crippen LogP contribution in [0.4, 0.5) is 0 Å². The van der Waals surface area contributed by atoms with E-state index >= 15 is 0 Å². The molecule has 7 nitrogen and oxygen atoms in total. The SMILES string of the molecule is CC(C)CCC(c1ccc(C(=O)NCCC(=O)O)cc1)N1C(=O)C(c2ccc(Br)cc2)=NC12CCCCC2. The van der Waals surface area contributed by atoms with Crippen molar-refractivity contribution >= 4 is 39.4 Å². The molecule has 1 aliphatic carbocycles. The van der Waals surface area contributed by atoms with Crippen molar-refractivity contribution in [2.45, 2.75) is 76.9 Å². The fourth-order valence-corrected chi connectivity index (χ4v) is 5.75. The van der Waals surface area contributed by atoms with Crippen molar-refractivity contribution in [3.05, 3.63) is 69.7 Å². The Kier molecular flexibility index (Phi) is 9.03. The number of aliphatic carboxylic acids is 1. The number of hydrogen-bond donors (Lipinski definition) is 2. The van der Waals surface area contributed by atoms with Gasteiger partial charge in [-0.25, -0.2) is 0 Å². The molecule has 0 radical (unpaired) electrons. The van der Waals surface area contributed by atoms with E-state index in [4.69, 9.17) is 10.1 Å². The van der Waals surface area contributed by atoms with Crippen molar-refractivity contribution in [3.8, 4) is 0 Å². The second-order valence-corrected chi connectivity index (χ2v) is 11.6. The molecule has 2 aliphatic rings. The summed E-state index contributed by atoms with van der Waals surface area (Å²) < 4.78 is 0.957. The van der Waals surface area contributed by atoms with Crippen LogP contribution in [0.15, 0.2) is 58.0 Å². The lowest BCUT2D eigenvalue weighted by molar-refractivity contribution is -0.137. The summed E-state index contributed by atoms with van der Waals surface area (Å²) in [6, 6.07) is 15.0. The fourth-order valence-electron chi connectivity index (χ4n) is 5.49. The highest BCUT2D eigenvalue weighted by Crippen LogP contribution is 2.45. The largest absolute Gasteiger partial charge is 0.481 e. The Morgan fingerprint density at radius 2 is 1.68 bits per heavy atom. The molecule has 1 atom stereocenters. The number of halogens is 1. The number of rotatable bonds is 10. The molecule has 1 aliphatic heterocycles. The highest BCUT2D eigenvalue weighted by atomic mass is 79.9. The molecule has 0 saturated heterocycles. The fraction of sp³-hybridized carbons (Fsp3) is 0.467. The Morgan fingerprint density at radius 1 is 1.03 bits per heavy atom. The normalized spacial score (nSPS) is 17.5. The van der Waals surface area contributed by atoms with E-state index in [1.54, 1.807) is 12.1 Å². The van der Waals surface area contributed by atoms with Crippen molar-refractivity contribution < 1.29 is 19.5 Å². The zero-order valence-corrected chi connectivity index (χ0v) is 23.7. The molecule has 1 fully saturated rings. The van der Waals surface area contributed by atoms with Gasteiger partial charge in [-0.3, -0.25) is 19.4 Å². The molecule has 2 amide bonds. The maximum Gasteiger partial charge on any atom is 0.305 e. The van der Waals surface area contributed by atoms with E-state index < -0.39 is 11.6 Å². The van der Waals surface area contributed by atoms with Crippen molar-refractivity contribution in [3.63, 3.8) is 0 Å². The summed E-state index contributed by atoms with van der Waals surface area (Å²) in [7, 11) is 0. The first-order valence-corrected chi connectivity index (χ1v) is 14.3. The third-order valence-electron chi connectivity index (χ3n) is 7.47. The quantitative estimate of drug-likeness (QED) is 0.353. The van der Waals surface area contributed by atoms with Crippen LogP contribution in [-0.2, 0) is 9.59 Å². The molecular formula is C30H36BrN3O4. The van der Waals surface area contributed by atoms with Gasteiger partial charge in [0.2, 0.25) is 0 Å². The molecule has 8 heteroatoms. The molecule has 0 aromatic heterocycles. The number of carbonyl (C=O) groups excluding carboxylic acids is 2. The van der Waals surface area contributed by atoms with E-state index in [2.05, 4.69) is 35.1 Å². The molecule has 0 bridgehead atoms. The minimum Gasteiger partial charge on any atom is -0.481 e. The average Bonchev–Trinajstić information content (AvgIpc) is 3.16. The molecule has 202 valence electrons. The summed E-state index contributed by atoms with van der Waals surface area (Å²) in [6.45, 7) is 4.45. The average molecular weight is 583 g/mol. The highest BCUT2D eigenvalue weighted by Gasteiger charge is 2.50. The molecule has 4 rings (SSSR count). The molecule has 2 aromatic carbocycles. The van der Waals surface area contributed by atoms with Crippen LogP contribution >= 0.6 is 15.9 Å². The molecule has 1 spiro atoms. The smallest absolute Gasteiger partial charge is 0.305 e. The number of hydrogen-bond acceptors (Lipinski definition) is 4. The Bertz CT molecular complexity index is 1180. The summed E-state index contributed by atoms with van der Waals surface area (Å²) in [5.74, 6) is -0.814. The first kappa shape index (κ1) is 28.0. The van der Waals surface area contributed by atoms with Crippen LogP contribution in [0.1, 0.15) is 92.7 Å². The van der Waals surface area contributed by atoms with Crippen LogP contribution < -0.4 is 5.32 Å². The molecule has 2 aromatic rings. The maximum absolute atomic E-state index is 14.1. The van der Waals surface area contributed by atoms with Gasteiger partial charge in [0.1, 0.15) is 11.4 Å². The van der Waals surface area contributed by atoms with Gasteiger partial charge in [-0.2, -0.15) is 0 Å². The predicted octanol–water partition coefficient (Wildman–Crippen LogP) is 6.12. The molecular weight excluding hydrogens is 546 g/mol. The van der Waals surface area contributed by atoms with Gasteiger partial charge < -0.3 is 15.3 Å². The van der Waals surface area contributed by atoms with Crippen molar-refractivity contribution in [2.75, 3.05) is 6.54 Å². The molecule has 1 heterocycles. The van der Waals surface area contributed by atoms with E-state index in [0.717, 1.165) is 60.5 Å². The molecule has 1 saturated carbocycles. The predicted molar refractivity (Wildman–Crippen MR) is 151 cm³/mol. The third-order valence-corrected chi connectivity index (χ3v) is 8.00. The summed E-state index contributed by atoms with van der Waals surface area (Å²) in [4.78, 5) is 44.6. The topological polar surface area (TPSA) is 99.1 Å². The van der Waals surface area contributed by atoms with E-state index in [9.17, 15) is 14.4 Å². The van der Waals surface area contributed by atoms with Crippen LogP contribution in [-0.4, -0.2) is 45.7 Å². The van der Waals surface area contributed by atoms with Crippen molar-refractivity contribution in [1.82, 2.24) is 10.2 Å². The molecule has 1 unspecified atom stereocenters. The Balaban J connectivity index is 1.66. The standard InChI is InChI=1S/C30H36BrN3O4/c1-20(2)6-15-25(21-7-9-23(10-8-21)28(37)32-19-16-26(35)36)34-29(38)27(22-11-13-24(31)14-12-22)33-30(34)17-4-3-5-18-30/h7-14,20,25H,3-6,15-19H2,1-2H3,(H,32,37)(H,35,36). The van der Waals surface area contributed by atoms with Gasteiger partial charge in [0, 0.05) is 22.1 Å². The molecule has 2 N–H and O–H groups in total. The van der Waals surface area contributed by atoms with Crippen molar-refractivity contribution in [2.24, 2.45) is 10.9 Å². The van der Waals surface area contributed by atoms with E-state index in [0.29, 0.717) is 17.2 Å². The van der Waals surface area contributed by atoms with Gasteiger partial charge in [0.05, 0.1) is 12.5 Å². The first-order chi connectivity index (χ1) is 18.2. The van der Waals surface area contributed by atoms with Gasteiger partial charge in [0.15, 0.2) is 0 Å². The van der Waals surface area contributed by atoms with E-state index in [1.165, 1.54) is 0 Å². The number of carboxylic acids is 1. The number of aliphatic imine (C=N–C) groups is 1. The zero-order chi connectivity index (χ0) is 27.3. The maximum atomic E-state index is 14.1. The Labute approximate surface area is 232 Å². The van der Waals surface area contributed by atoms with E-state index in [-0.39, 0.29) is 30.8 Å². The molecule has 38 heavy (non-hydrogen) atoms. The lowest BCUT2D eigenvalue weighted by Gasteiger charge is -2.44. The number of nitrogens with zero attached hydrogens (tertiary/aromatic N) is 2. The summed E-state index contributed by atoms with van der Waals surface area (Å²) >= 11 is 3.49. The number of carbonyl (C=O) groups is 3. The number of carboxylic acid groups (broad SMARTS) is 1. The number of nitrogens with one attached hydrogen (secondary N) is 1. The second kappa shape index (κ2) is 12.2. The summed E-state index contributed by atoms with van der Waals surface area (Å²) in [5.41, 5.74) is 2.27. The van der Waals surface area contributed by atoms with Crippen LogP contribution in [0.5, 0.6) is 0 Å². The second-order valence-electron chi connectivity index (χ2n) is 10.7. The van der Waals surface area contributed by atoms with Crippen LogP contribution in [0, 0.1) is 5.92 Å². The minimum absolute atomic E-state index is 0.0292. The summed E-state index contributed by atoms with van der Waals surface area (Å²) in [6.07, 6.45) is 6.55. The lowest BCUT2D eigenvalue weighted by atomic mass is 9.85. The van der Waals surface area contributed by atoms with Gasteiger partial charge in [-0.05, 0) is 74.3 Å². The van der Waals surface area contributed by atoms with Crippen LogP contribution in [0.3, 0.4) is 0 Å². The van der Waals surface area contributed by atoms with Crippen LogP contribution in [0.2, 0.25) is 0 Å². The first-order valence-electron chi connectivity index (χ1n) is 13.5. The third kappa shape index (κ3) is 6.34. The minimum atomic E-state index is -0.953. The zero-order valence-electron chi connectivity index (χ0n) is 22.1. The monoisotopic (exact) mass is 581 g/mol. The number of amides is 2. The van der Waals surface area contributed by atoms with Gasteiger partial charge in [-0.15, -0.1) is 0 Å². The Hall–Kier alpha value is -3.00. The van der Waals surface area contributed by atoms with Crippen molar-refractivity contribution in [1.29, 1.82) is 0 Å². The van der Waals surface area contributed by atoms with E-state index in [1.807, 2.05) is 41.3 Å². The lowest BCUT2D eigenvalue weighted by Crippen LogP contribution is -2.50. The highest BCUT2D eigenvalue weighted by molar-refractivity contribution is 9.10. The Morgan fingerprint density at radius 3 is 2.29 bits per heavy atom.